The van der Waals surface area contributed by atoms with E-state index in [0.29, 0.717) is 27.2 Å². The van der Waals surface area contributed by atoms with Gasteiger partial charge in [-0.15, -0.1) is 23.1 Å². The van der Waals surface area contributed by atoms with Crippen molar-refractivity contribution in [2.75, 3.05) is 23.7 Å². The van der Waals surface area contributed by atoms with Crippen molar-refractivity contribution >= 4 is 63.9 Å². The van der Waals surface area contributed by atoms with E-state index in [1.54, 1.807) is 47.8 Å². The zero-order chi connectivity index (χ0) is 28.0. The minimum Gasteiger partial charge on any atom is -0.342 e. The molecule has 3 N–H and O–H groups in total. The quantitative estimate of drug-likeness (QED) is 0.309. The van der Waals surface area contributed by atoms with Crippen molar-refractivity contribution in [2.45, 2.75) is 29.0 Å². The van der Waals surface area contributed by atoms with Crippen molar-refractivity contribution in [1.82, 2.24) is 15.2 Å². The number of amides is 4. The number of urea groups is 1. The molecule has 1 saturated heterocycles. The summed E-state index contributed by atoms with van der Waals surface area (Å²) in [7, 11) is 0. The number of rotatable bonds is 8. The van der Waals surface area contributed by atoms with Crippen LogP contribution in [0.15, 0.2) is 58.8 Å². The molecule has 2 heterocycles. The minimum absolute atomic E-state index is 0.109. The van der Waals surface area contributed by atoms with Crippen molar-refractivity contribution in [3.63, 3.8) is 0 Å². The highest BCUT2D eigenvalue weighted by atomic mass is 35.5. The fourth-order valence-corrected chi connectivity index (χ4v) is 5.45. The monoisotopic (exact) mass is 590 g/mol. The lowest BCUT2D eigenvalue weighted by Gasteiger charge is -2.19. The molecule has 1 fully saturated rings. The first kappa shape index (κ1) is 28.3. The predicted molar refractivity (Wildman–Crippen MR) is 145 cm³/mol. The van der Waals surface area contributed by atoms with Gasteiger partial charge in [0.05, 0.1) is 24.9 Å². The summed E-state index contributed by atoms with van der Waals surface area (Å²) >= 11 is 8.59. The molecule has 3 aromatic rings. The molecule has 39 heavy (non-hydrogen) atoms. The van der Waals surface area contributed by atoms with Crippen LogP contribution in [0.2, 0.25) is 5.02 Å². The van der Waals surface area contributed by atoms with Gasteiger partial charge in [-0.25, -0.2) is 18.6 Å². The van der Waals surface area contributed by atoms with Crippen LogP contribution in [-0.2, 0) is 10.5 Å². The van der Waals surface area contributed by atoms with Gasteiger partial charge >= 0.3 is 6.03 Å². The molecule has 202 valence electrons. The number of nitrogens with zero attached hydrogens (tertiary/aromatic N) is 3. The SMILES string of the molecule is N#C[C@@H]1CC(F)(F)CN1C(=O)CNC(=O)c1csc(CSc2ccc(NC(=O)Nc3ccc(Cl)cc3)cc2)n1. The number of benzene rings is 2. The third-order valence-electron chi connectivity index (χ3n) is 5.50. The van der Waals surface area contributed by atoms with E-state index in [2.05, 4.69) is 20.9 Å². The van der Waals surface area contributed by atoms with E-state index in [1.807, 2.05) is 12.1 Å². The zero-order valence-electron chi connectivity index (χ0n) is 20.1. The van der Waals surface area contributed by atoms with Crippen molar-refractivity contribution < 1.29 is 23.2 Å². The van der Waals surface area contributed by atoms with E-state index in [9.17, 15) is 23.2 Å². The number of nitrogens with one attached hydrogen (secondary N) is 3. The Kier molecular flexibility index (Phi) is 9.01. The molecule has 1 atom stereocenters. The van der Waals surface area contributed by atoms with Crippen molar-refractivity contribution in [3.05, 3.63) is 69.6 Å². The summed E-state index contributed by atoms with van der Waals surface area (Å²) in [6, 6.07) is 14.0. The predicted octanol–water partition coefficient (Wildman–Crippen LogP) is 5.22. The van der Waals surface area contributed by atoms with Crippen LogP contribution >= 0.6 is 34.7 Å². The normalized spacial score (nSPS) is 15.8. The maximum absolute atomic E-state index is 13.5. The molecule has 0 unspecified atom stereocenters. The largest absolute Gasteiger partial charge is 0.342 e. The number of thiazole rings is 1. The molecule has 0 radical (unpaired) electrons. The lowest BCUT2D eigenvalue weighted by molar-refractivity contribution is -0.131. The highest BCUT2D eigenvalue weighted by Gasteiger charge is 2.47. The van der Waals surface area contributed by atoms with Crippen molar-refractivity contribution in [2.24, 2.45) is 0 Å². The van der Waals surface area contributed by atoms with Gasteiger partial charge in [-0.05, 0) is 48.5 Å². The summed E-state index contributed by atoms with van der Waals surface area (Å²) in [5.41, 5.74) is 1.32. The Bertz CT molecular complexity index is 1400. The Hall–Kier alpha value is -3.73. The van der Waals surface area contributed by atoms with Gasteiger partial charge < -0.3 is 20.9 Å². The molecule has 0 aliphatic carbocycles. The van der Waals surface area contributed by atoms with Gasteiger partial charge in [0.25, 0.3) is 11.8 Å². The number of halogens is 3. The molecule has 9 nitrogen and oxygen atoms in total. The molecule has 1 aromatic heterocycles. The first-order valence-electron chi connectivity index (χ1n) is 11.5. The summed E-state index contributed by atoms with van der Waals surface area (Å²) in [6.45, 7) is -1.35. The Labute approximate surface area is 235 Å². The average molecular weight is 591 g/mol. The Morgan fingerprint density at radius 2 is 1.77 bits per heavy atom. The van der Waals surface area contributed by atoms with Crippen LogP contribution in [0.5, 0.6) is 0 Å². The number of anilines is 2. The Morgan fingerprint density at radius 3 is 2.41 bits per heavy atom. The standard InChI is InChI=1S/C25H21ClF2N6O3S2/c26-15-1-3-16(4-2-15)31-24(37)32-17-5-7-19(8-6-17)38-13-21-33-20(12-39-21)23(36)30-11-22(35)34-14-25(27,28)9-18(34)10-29/h1-8,12,18H,9,11,13-14H2,(H,30,36)(H2,31,32,37)/t18-/m0/s1. The summed E-state index contributed by atoms with van der Waals surface area (Å²) in [4.78, 5) is 42.8. The average Bonchev–Trinajstić information content (AvgIpc) is 3.51. The summed E-state index contributed by atoms with van der Waals surface area (Å²) in [5.74, 6) is -4.00. The van der Waals surface area contributed by atoms with Gasteiger partial charge in [-0.2, -0.15) is 5.26 Å². The molecule has 2 aromatic carbocycles. The van der Waals surface area contributed by atoms with Crippen LogP contribution in [0.1, 0.15) is 21.9 Å². The van der Waals surface area contributed by atoms with Gasteiger partial charge in [0.2, 0.25) is 5.91 Å². The van der Waals surface area contributed by atoms with Crippen LogP contribution in [0.25, 0.3) is 0 Å². The van der Waals surface area contributed by atoms with Crippen molar-refractivity contribution in [1.29, 1.82) is 5.26 Å². The highest BCUT2D eigenvalue weighted by molar-refractivity contribution is 7.98. The molecule has 1 aliphatic heterocycles. The maximum Gasteiger partial charge on any atom is 0.323 e. The molecule has 0 saturated carbocycles. The number of aromatic nitrogens is 1. The first-order valence-corrected chi connectivity index (χ1v) is 13.7. The van der Waals surface area contributed by atoms with Crippen LogP contribution in [0.4, 0.5) is 25.0 Å². The first-order chi connectivity index (χ1) is 18.6. The second kappa shape index (κ2) is 12.4. The fourth-order valence-electron chi connectivity index (χ4n) is 3.63. The van der Waals surface area contributed by atoms with Crippen LogP contribution < -0.4 is 16.0 Å². The van der Waals surface area contributed by atoms with Gasteiger partial charge in [0.1, 0.15) is 16.7 Å². The van der Waals surface area contributed by atoms with E-state index in [1.165, 1.54) is 23.1 Å². The summed E-state index contributed by atoms with van der Waals surface area (Å²) in [5, 5.41) is 19.6. The lowest BCUT2D eigenvalue weighted by Crippen LogP contribution is -2.43. The highest BCUT2D eigenvalue weighted by Crippen LogP contribution is 2.31. The Balaban J connectivity index is 1.22. The van der Waals surface area contributed by atoms with Gasteiger partial charge in [0, 0.05) is 33.1 Å². The van der Waals surface area contributed by atoms with Crippen molar-refractivity contribution in [3.8, 4) is 6.07 Å². The number of carbonyl (C=O) groups excluding carboxylic acids is 3. The number of nitriles is 1. The van der Waals surface area contributed by atoms with Crippen LogP contribution in [0.3, 0.4) is 0 Å². The van der Waals surface area contributed by atoms with Gasteiger partial charge in [0.15, 0.2) is 0 Å². The van der Waals surface area contributed by atoms with Crippen LogP contribution in [-0.4, -0.2) is 52.8 Å². The second-order valence-electron chi connectivity index (χ2n) is 8.43. The number of thioether (sulfide) groups is 1. The zero-order valence-corrected chi connectivity index (χ0v) is 22.5. The van der Waals surface area contributed by atoms with E-state index in [0.717, 1.165) is 9.80 Å². The van der Waals surface area contributed by atoms with E-state index < -0.39 is 49.3 Å². The Morgan fingerprint density at radius 1 is 1.13 bits per heavy atom. The lowest BCUT2D eigenvalue weighted by atomic mass is 10.2. The molecule has 4 rings (SSSR count). The number of alkyl halides is 2. The molecule has 14 heteroatoms. The minimum atomic E-state index is -3.12. The fraction of sp³-hybridized carbons (Fsp3) is 0.240. The smallest absolute Gasteiger partial charge is 0.323 e. The van der Waals surface area contributed by atoms with Crippen LogP contribution in [0, 0.1) is 11.3 Å². The molecular formula is C25H21ClF2N6O3S2. The van der Waals surface area contributed by atoms with Gasteiger partial charge in [-0.3, -0.25) is 9.59 Å². The molecule has 0 spiro atoms. The van der Waals surface area contributed by atoms with E-state index >= 15 is 0 Å². The molecule has 1 aliphatic rings. The number of likely N-dealkylation sites (tertiary alicyclic amines) is 1. The van der Waals surface area contributed by atoms with E-state index in [4.69, 9.17) is 16.9 Å². The molecular weight excluding hydrogens is 570 g/mol. The maximum atomic E-state index is 13.5. The summed E-state index contributed by atoms with van der Waals surface area (Å²) < 4.78 is 27.1. The third-order valence-corrected chi connectivity index (χ3v) is 7.81. The number of hydrogen-bond acceptors (Lipinski definition) is 7. The van der Waals surface area contributed by atoms with Gasteiger partial charge in [-0.1, -0.05) is 11.6 Å². The number of carbonyl (C=O) groups is 3. The number of hydrogen-bond donors (Lipinski definition) is 3. The summed E-state index contributed by atoms with van der Waals surface area (Å²) in [6.07, 6.45) is -0.713. The van der Waals surface area contributed by atoms with E-state index in [-0.39, 0.29) is 5.69 Å². The molecule has 4 amide bonds. The second-order valence-corrected chi connectivity index (χ2v) is 10.9. The topological polar surface area (TPSA) is 127 Å². The third kappa shape index (κ3) is 7.89. The molecule has 0 bridgehead atoms.